The van der Waals surface area contributed by atoms with Gasteiger partial charge in [-0.25, -0.2) is 4.39 Å². The highest BCUT2D eigenvalue weighted by Crippen LogP contribution is 2.44. The van der Waals surface area contributed by atoms with Gasteiger partial charge in [0.15, 0.2) is 0 Å². The van der Waals surface area contributed by atoms with Gasteiger partial charge in [-0.1, -0.05) is 18.6 Å². The van der Waals surface area contributed by atoms with E-state index in [-0.39, 0.29) is 11.7 Å². The van der Waals surface area contributed by atoms with E-state index in [1.54, 1.807) is 12.1 Å². The summed E-state index contributed by atoms with van der Waals surface area (Å²) >= 11 is 0. The summed E-state index contributed by atoms with van der Waals surface area (Å²) in [5.74, 6) is 1.35. The van der Waals surface area contributed by atoms with Crippen LogP contribution in [0.25, 0.3) is 0 Å². The van der Waals surface area contributed by atoms with E-state index in [0.717, 1.165) is 17.9 Å². The molecule has 1 aromatic rings. The SMILES string of the molecule is O=C(Cc1ccc(F)cc1)N[C@H]1C[C@@H]2CC[C@@H]1C2. The molecule has 2 fully saturated rings. The van der Waals surface area contributed by atoms with Crippen LogP contribution in [0.4, 0.5) is 4.39 Å². The standard InChI is InChI=1S/C15H18FNO/c16-13-5-2-10(3-6-13)9-15(18)17-14-8-11-1-4-12(14)7-11/h2-3,5-6,11-12,14H,1,4,7-9H2,(H,17,18)/t11-,12-,14+/m1/s1. The molecule has 2 aliphatic rings. The molecule has 0 unspecified atom stereocenters. The fourth-order valence-corrected chi connectivity index (χ4v) is 3.47. The van der Waals surface area contributed by atoms with Crippen LogP contribution in [0.5, 0.6) is 0 Å². The lowest BCUT2D eigenvalue weighted by Gasteiger charge is -2.22. The predicted octanol–water partition coefficient (Wildman–Crippen LogP) is 2.67. The largest absolute Gasteiger partial charge is 0.353 e. The molecule has 0 aromatic heterocycles. The van der Waals surface area contributed by atoms with Gasteiger partial charge in [0, 0.05) is 6.04 Å². The van der Waals surface area contributed by atoms with Crippen LogP contribution in [0.15, 0.2) is 24.3 Å². The highest BCUT2D eigenvalue weighted by atomic mass is 19.1. The van der Waals surface area contributed by atoms with Crippen LogP contribution >= 0.6 is 0 Å². The summed E-state index contributed by atoms with van der Waals surface area (Å²) in [6.45, 7) is 0. The molecule has 1 aromatic carbocycles. The molecular formula is C15H18FNO. The lowest BCUT2D eigenvalue weighted by atomic mass is 9.95. The molecule has 0 spiro atoms. The molecule has 3 atom stereocenters. The Balaban J connectivity index is 1.54. The number of halogens is 1. The first-order valence-electron chi connectivity index (χ1n) is 6.74. The third-order valence-electron chi connectivity index (χ3n) is 4.36. The second-order valence-electron chi connectivity index (χ2n) is 5.65. The molecule has 2 bridgehead atoms. The maximum absolute atomic E-state index is 12.8. The Hall–Kier alpha value is -1.38. The molecular weight excluding hydrogens is 229 g/mol. The molecule has 0 radical (unpaired) electrons. The Morgan fingerprint density at radius 3 is 2.61 bits per heavy atom. The lowest BCUT2D eigenvalue weighted by Crippen LogP contribution is -2.39. The van der Waals surface area contributed by atoms with Crippen LogP contribution in [-0.2, 0) is 11.2 Å². The molecule has 96 valence electrons. The second-order valence-corrected chi connectivity index (χ2v) is 5.65. The van der Waals surface area contributed by atoms with E-state index in [4.69, 9.17) is 0 Å². The van der Waals surface area contributed by atoms with E-state index in [9.17, 15) is 9.18 Å². The third-order valence-corrected chi connectivity index (χ3v) is 4.36. The second kappa shape index (κ2) is 4.71. The number of hydrogen-bond donors (Lipinski definition) is 1. The average molecular weight is 247 g/mol. The summed E-state index contributed by atoms with van der Waals surface area (Å²) in [4.78, 5) is 11.9. The molecule has 1 amide bonds. The maximum Gasteiger partial charge on any atom is 0.224 e. The van der Waals surface area contributed by atoms with Crippen LogP contribution in [-0.4, -0.2) is 11.9 Å². The van der Waals surface area contributed by atoms with Gasteiger partial charge in [-0.05, 0) is 48.8 Å². The zero-order valence-corrected chi connectivity index (χ0v) is 10.4. The number of amides is 1. The van der Waals surface area contributed by atoms with Crippen molar-refractivity contribution in [2.45, 2.75) is 38.1 Å². The van der Waals surface area contributed by atoms with Crippen molar-refractivity contribution >= 4 is 5.91 Å². The Kier molecular flexibility index (Phi) is 3.06. The molecule has 0 saturated heterocycles. The van der Waals surface area contributed by atoms with Crippen LogP contribution < -0.4 is 5.32 Å². The number of carbonyl (C=O) groups excluding carboxylic acids is 1. The Morgan fingerprint density at radius 1 is 1.22 bits per heavy atom. The van der Waals surface area contributed by atoms with E-state index in [1.807, 2.05) is 0 Å². The van der Waals surface area contributed by atoms with Crippen LogP contribution in [0.3, 0.4) is 0 Å². The summed E-state index contributed by atoms with van der Waals surface area (Å²) in [5, 5.41) is 3.14. The van der Waals surface area contributed by atoms with Crippen molar-refractivity contribution < 1.29 is 9.18 Å². The van der Waals surface area contributed by atoms with Gasteiger partial charge in [-0.3, -0.25) is 4.79 Å². The van der Waals surface area contributed by atoms with Crippen molar-refractivity contribution in [1.29, 1.82) is 0 Å². The molecule has 2 aliphatic carbocycles. The van der Waals surface area contributed by atoms with Gasteiger partial charge in [0.25, 0.3) is 0 Å². The fraction of sp³-hybridized carbons (Fsp3) is 0.533. The molecule has 1 N–H and O–H groups in total. The van der Waals surface area contributed by atoms with Crippen LogP contribution in [0.1, 0.15) is 31.2 Å². The number of carbonyl (C=O) groups is 1. The minimum atomic E-state index is -0.257. The van der Waals surface area contributed by atoms with E-state index >= 15 is 0 Å². The summed E-state index contributed by atoms with van der Waals surface area (Å²) in [6.07, 6.45) is 5.41. The predicted molar refractivity (Wildman–Crippen MR) is 67.5 cm³/mol. The van der Waals surface area contributed by atoms with Gasteiger partial charge >= 0.3 is 0 Å². The van der Waals surface area contributed by atoms with Gasteiger partial charge < -0.3 is 5.32 Å². The van der Waals surface area contributed by atoms with Crippen molar-refractivity contribution in [3.63, 3.8) is 0 Å². The molecule has 0 aliphatic heterocycles. The zero-order chi connectivity index (χ0) is 12.5. The van der Waals surface area contributed by atoms with Gasteiger partial charge in [-0.2, -0.15) is 0 Å². The molecule has 0 heterocycles. The first-order chi connectivity index (χ1) is 8.70. The van der Waals surface area contributed by atoms with Crippen molar-refractivity contribution in [3.8, 4) is 0 Å². The van der Waals surface area contributed by atoms with Gasteiger partial charge in [0.2, 0.25) is 5.91 Å². The number of rotatable bonds is 3. The smallest absolute Gasteiger partial charge is 0.224 e. The quantitative estimate of drug-likeness (QED) is 0.874. The summed E-state index contributed by atoms with van der Waals surface area (Å²) in [5.41, 5.74) is 0.872. The number of hydrogen-bond acceptors (Lipinski definition) is 1. The minimum Gasteiger partial charge on any atom is -0.353 e. The monoisotopic (exact) mass is 247 g/mol. The number of benzene rings is 1. The first kappa shape index (κ1) is 11.7. The van der Waals surface area contributed by atoms with E-state index in [0.29, 0.717) is 18.4 Å². The van der Waals surface area contributed by atoms with Crippen LogP contribution in [0, 0.1) is 17.7 Å². The van der Waals surface area contributed by atoms with Crippen molar-refractivity contribution in [2.24, 2.45) is 11.8 Å². The maximum atomic E-state index is 12.8. The van der Waals surface area contributed by atoms with Crippen LogP contribution in [0.2, 0.25) is 0 Å². The topological polar surface area (TPSA) is 29.1 Å². The highest BCUT2D eigenvalue weighted by Gasteiger charge is 2.39. The van der Waals surface area contributed by atoms with Gasteiger partial charge in [0.05, 0.1) is 6.42 Å². The molecule has 3 heteroatoms. The third kappa shape index (κ3) is 2.40. The average Bonchev–Trinajstić information content (AvgIpc) is 2.94. The van der Waals surface area contributed by atoms with Crippen molar-refractivity contribution in [2.75, 3.05) is 0 Å². The van der Waals surface area contributed by atoms with Gasteiger partial charge in [-0.15, -0.1) is 0 Å². The molecule has 3 rings (SSSR count). The van der Waals surface area contributed by atoms with E-state index < -0.39 is 0 Å². The first-order valence-corrected chi connectivity index (χ1v) is 6.74. The molecule has 18 heavy (non-hydrogen) atoms. The fourth-order valence-electron chi connectivity index (χ4n) is 3.47. The zero-order valence-electron chi connectivity index (χ0n) is 10.4. The number of nitrogens with one attached hydrogen (secondary N) is 1. The number of fused-ring (bicyclic) bond motifs is 2. The van der Waals surface area contributed by atoms with Gasteiger partial charge in [0.1, 0.15) is 5.82 Å². The summed E-state index contributed by atoms with van der Waals surface area (Å²) in [7, 11) is 0. The van der Waals surface area contributed by atoms with E-state index in [1.165, 1.54) is 31.4 Å². The molecule has 2 nitrogen and oxygen atoms in total. The Bertz CT molecular complexity index is 442. The summed E-state index contributed by atoms with van der Waals surface area (Å²) < 4.78 is 12.8. The van der Waals surface area contributed by atoms with E-state index in [2.05, 4.69) is 5.32 Å². The highest BCUT2D eigenvalue weighted by molar-refractivity contribution is 5.78. The normalized spacial score (nSPS) is 29.5. The minimum absolute atomic E-state index is 0.0687. The summed E-state index contributed by atoms with van der Waals surface area (Å²) in [6, 6.07) is 6.54. The Labute approximate surface area is 107 Å². The molecule has 2 saturated carbocycles. The lowest BCUT2D eigenvalue weighted by molar-refractivity contribution is -0.121. The van der Waals surface area contributed by atoms with Crippen molar-refractivity contribution in [3.05, 3.63) is 35.6 Å². The Morgan fingerprint density at radius 2 is 2.00 bits per heavy atom. The van der Waals surface area contributed by atoms with Crippen molar-refractivity contribution in [1.82, 2.24) is 5.32 Å².